The molecule has 2 nitrogen and oxygen atoms in total. The maximum absolute atomic E-state index is 5.80. The minimum Gasteiger partial charge on any atom is -0.493 e. The van der Waals surface area contributed by atoms with Crippen LogP contribution in [0.2, 0.25) is 0 Å². The molecule has 0 amide bonds. The van der Waals surface area contributed by atoms with E-state index >= 15 is 0 Å². The van der Waals surface area contributed by atoms with E-state index in [9.17, 15) is 0 Å². The van der Waals surface area contributed by atoms with Gasteiger partial charge in [0.05, 0.1) is 6.61 Å². The van der Waals surface area contributed by atoms with Crippen molar-refractivity contribution in [2.75, 3.05) is 25.2 Å². The van der Waals surface area contributed by atoms with Gasteiger partial charge in [-0.25, -0.2) is 0 Å². The topological polar surface area (TPSA) is 21.3 Å². The van der Waals surface area contributed by atoms with E-state index in [4.69, 9.17) is 4.74 Å². The predicted octanol–water partition coefficient (Wildman–Crippen LogP) is 3.66. The lowest BCUT2D eigenvalue weighted by Gasteiger charge is -2.18. The second kappa shape index (κ2) is 7.55. The van der Waals surface area contributed by atoms with Crippen LogP contribution in [0, 0.1) is 0 Å². The highest BCUT2D eigenvalue weighted by Crippen LogP contribution is 2.33. The van der Waals surface area contributed by atoms with Crippen LogP contribution in [0.5, 0.6) is 5.75 Å². The number of hydrogen-bond donors (Lipinski definition) is 1. The van der Waals surface area contributed by atoms with Crippen LogP contribution in [0.15, 0.2) is 16.6 Å². The first kappa shape index (κ1) is 15.2. The van der Waals surface area contributed by atoms with Crippen molar-refractivity contribution in [3.05, 3.63) is 27.7 Å². The zero-order valence-corrected chi connectivity index (χ0v) is 14.1. The summed E-state index contributed by atoms with van der Waals surface area (Å²) in [5.41, 5.74) is 2.68. The lowest BCUT2D eigenvalue weighted by Crippen LogP contribution is -2.30. The lowest BCUT2D eigenvalue weighted by atomic mass is 10.0. The van der Waals surface area contributed by atoms with Crippen molar-refractivity contribution in [3.63, 3.8) is 0 Å². The fraction of sp³-hybridized carbons (Fsp3) is 0.600. The standard InChI is InChI=1S/C15H22BrNOS/c1-3-6-19-10-14(17-2)9-12-8-13(16)7-11-4-5-18-15(11)12/h7-8,14,17H,3-6,9-10H2,1-2H3. The highest BCUT2D eigenvalue weighted by atomic mass is 79.9. The highest BCUT2D eigenvalue weighted by Gasteiger charge is 2.19. The first-order valence-electron chi connectivity index (χ1n) is 6.93. The molecule has 0 saturated carbocycles. The summed E-state index contributed by atoms with van der Waals surface area (Å²) in [4.78, 5) is 0. The van der Waals surface area contributed by atoms with E-state index < -0.39 is 0 Å². The summed E-state index contributed by atoms with van der Waals surface area (Å²) in [7, 11) is 2.05. The molecule has 1 aromatic carbocycles. The van der Waals surface area contributed by atoms with Crippen molar-refractivity contribution >= 4 is 27.7 Å². The Morgan fingerprint density at radius 3 is 3.05 bits per heavy atom. The second-order valence-electron chi connectivity index (χ2n) is 4.92. The average molecular weight is 344 g/mol. The van der Waals surface area contributed by atoms with Gasteiger partial charge in [-0.3, -0.25) is 0 Å². The van der Waals surface area contributed by atoms with E-state index in [0.717, 1.165) is 31.0 Å². The van der Waals surface area contributed by atoms with Crippen LogP contribution in [-0.4, -0.2) is 31.2 Å². The molecule has 1 atom stereocenters. The van der Waals surface area contributed by atoms with E-state index in [1.807, 2.05) is 11.8 Å². The van der Waals surface area contributed by atoms with Crippen LogP contribution in [0.1, 0.15) is 24.5 Å². The fourth-order valence-electron chi connectivity index (χ4n) is 2.38. The molecular weight excluding hydrogens is 322 g/mol. The molecule has 0 bridgehead atoms. The third kappa shape index (κ3) is 4.14. The van der Waals surface area contributed by atoms with Crippen molar-refractivity contribution < 1.29 is 4.74 Å². The van der Waals surface area contributed by atoms with Crippen molar-refractivity contribution in [3.8, 4) is 5.75 Å². The summed E-state index contributed by atoms with van der Waals surface area (Å²) < 4.78 is 6.97. The minimum atomic E-state index is 0.513. The number of benzene rings is 1. The molecule has 1 unspecified atom stereocenters. The predicted molar refractivity (Wildman–Crippen MR) is 87.5 cm³/mol. The molecule has 0 spiro atoms. The highest BCUT2D eigenvalue weighted by molar-refractivity contribution is 9.10. The van der Waals surface area contributed by atoms with Gasteiger partial charge < -0.3 is 10.1 Å². The molecule has 1 aromatic rings. The van der Waals surface area contributed by atoms with Crippen molar-refractivity contribution in [1.29, 1.82) is 0 Å². The number of halogens is 1. The van der Waals surface area contributed by atoms with Gasteiger partial charge in [0.25, 0.3) is 0 Å². The minimum absolute atomic E-state index is 0.513. The van der Waals surface area contributed by atoms with Crippen molar-refractivity contribution in [1.82, 2.24) is 5.32 Å². The third-order valence-electron chi connectivity index (χ3n) is 3.37. The molecule has 0 saturated heterocycles. The van der Waals surface area contributed by atoms with Gasteiger partial charge in [-0.15, -0.1) is 0 Å². The second-order valence-corrected chi connectivity index (χ2v) is 6.98. The van der Waals surface area contributed by atoms with Gasteiger partial charge in [-0.05, 0) is 48.9 Å². The molecule has 1 heterocycles. The Balaban J connectivity index is 2.05. The zero-order valence-electron chi connectivity index (χ0n) is 11.7. The summed E-state index contributed by atoms with van der Waals surface area (Å²) in [6.07, 6.45) is 3.32. The number of fused-ring (bicyclic) bond motifs is 1. The Morgan fingerprint density at radius 2 is 2.32 bits per heavy atom. The fourth-order valence-corrected chi connectivity index (χ4v) is 3.95. The number of likely N-dealkylation sites (N-methyl/N-ethyl adjacent to an activating group) is 1. The Labute approximate surface area is 128 Å². The number of rotatable bonds is 7. The van der Waals surface area contributed by atoms with E-state index in [1.54, 1.807) is 0 Å². The molecular formula is C15H22BrNOS. The number of nitrogens with one attached hydrogen (secondary N) is 1. The monoisotopic (exact) mass is 343 g/mol. The maximum Gasteiger partial charge on any atom is 0.125 e. The molecule has 19 heavy (non-hydrogen) atoms. The Hall–Kier alpha value is -0.190. The summed E-state index contributed by atoms with van der Waals surface area (Å²) in [6, 6.07) is 4.91. The maximum atomic E-state index is 5.80. The summed E-state index contributed by atoms with van der Waals surface area (Å²) in [6.45, 7) is 3.06. The van der Waals surface area contributed by atoms with E-state index in [-0.39, 0.29) is 0 Å². The summed E-state index contributed by atoms with van der Waals surface area (Å²) in [5.74, 6) is 3.53. The average Bonchev–Trinajstić information content (AvgIpc) is 2.85. The largest absolute Gasteiger partial charge is 0.493 e. The SMILES string of the molecule is CCCSCC(Cc1cc(Br)cc2c1OCC2)NC. The molecule has 1 aliphatic rings. The third-order valence-corrected chi connectivity index (χ3v) is 5.16. The smallest absolute Gasteiger partial charge is 0.125 e. The molecule has 106 valence electrons. The molecule has 1 aliphatic heterocycles. The molecule has 0 fully saturated rings. The van der Waals surface area contributed by atoms with Crippen LogP contribution in [0.3, 0.4) is 0 Å². The first-order chi connectivity index (χ1) is 9.24. The van der Waals surface area contributed by atoms with Crippen LogP contribution >= 0.6 is 27.7 Å². The molecule has 0 aromatic heterocycles. The van der Waals surface area contributed by atoms with E-state index in [0.29, 0.717) is 6.04 Å². The Morgan fingerprint density at radius 1 is 1.47 bits per heavy atom. The molecule has 4 heteroatoms. The van der Waals surface area contributed by atoms with E-state index in [2.05, 4.69) is 47.4 Å². The molecule has 2 rings (SSSR count). The molecule has 0 radical (unpaired) electrons. The van der Waals surface area contributed by atoms with E-state index in [1.165, 1.54) is 27.8 Å². The van der Waals surface area contributed by atoms with Gasteiger partial charge in [-0.1, -0.05) is 22.9 Å². The van der Waals surface area contributed by atoms with Crippen LogP contribution in [0.4, 0.5) is 0 Å². The van der Waals surface area contributed by atoms with Gasteiger partial charge in [0.2, 0.25) is 0 Å². The summed E-state index contributed by atoms with van der Waals surface area (Å²) >= 11 is 5.64. The number of ether oxygens (including phenoxy) is 1. The van der Waals surface area contributed by atoms with Crippen LogP contribution in [0.25, 0.3) is 0 Å². The number of thioether (sulfide) groups is 1. The van der Waals surface area contributed by atoms with Crippen molar-refractivity contribution in [2.24, 2.45) is 0 Å². The van der Waals surface area contributed by atoms with Crippen molar-refractivity contribution in [2.45, 2.75) is 32.2 Å². The Bertz CT molecular complexity index is 425. The molecule has 0 aliphatic carbocycles. The van der Waals surface area contributed by atoms with Gasteiger partial charge in [-0.2, -0.15) is 11.8 Å². The van der Waals surface area contributed by atoms with Crippen LogP contribution in [-0.2, 0) is 12.8 Å². The normalized spacial score (nSPS) is 15.1. The molecule has 1 N–H and O–H groups in total. The quantitative estimate of drug-likeness (QED) is 0.763. The Kier molecular flexibility index (Phi) is 6.05. The van der Waals surface area contributed by atoms with Crippen LogP contribution < -0.4 is 10.1 Å². The van der Waals surface area contributed by atoms with Gasteiger partial charge >= 0.3 is 0 Å². The number of hydrogen-bond acceptors (Lipinski definition) is 3. The first-order valence-corrected chi connectivity index (χ1v) is 8.88. The lowest BCUT2D eigenvalue weighted by molar-refractivity contribution is 0.352. The van der Waals surface area contributed by atoms with Gasteiger partial charge in [0.1, 0.15) is 5.75 Å². The zero-order chi connectivity index (χ0) is 13.7. The summed E-state index contributed by atoms with van der Waals surface area (Å²) in [5, 5.41) is 3.43. The van der Waals surface area contributed by atoms with Gasteiger partial charge in [0.15, 0.2) is 0 Å². The van der Waals surface area contributed by atoms with Gasteiger partial charge in [0, 0.05) is 22.7 Å².